The number of benzene rings is 10. The average molecular weight is 816 g/mol. The predicted molar refractivity (Wildman–Crippen MR) is 264 cm³/mol. The van der Waals surface area contributed by atoms with Crippen LogP contribution in [0, 0.1) is 0 Å². The Kier molecular flexibility index (Phi) is 8.23. The van der Waals surface area contributed by atoms with E-state index in [0.29, 0.717) is 0 Å². The van der Waals surface area contributed by atoms with Crippen LogP contribution in [-0.2, 0) is 5.41 Å². The summed E-state index contributed by atoms with van der Waals surface area (Å²) in [4.78, 5) is 2.45. The summed E-state index contributed by atoms with van der Waals surface area (Å²) in [6.07, 6.45) is 0. The van der Waals surface area contributed by atoms with E-state index in [1.807, 2.05) is 12.1 Å². The minimum Gasteiger partial charge on any atom is -0.456 e. The number of hydrogen-bond donors (Lipinski definition) is 0. The monoisotopic (exact) mass is 815 g/mol. The molecule has 2 nitrogen and oxygen atoms in total. The summed E-state index contributed by atoms with van der Waals surface area (Å²) in [6, 6.07) is 89.3. The first-order chi connectivity index (χ1) is 31.8. The molecule has 0 bridgehead atoms. The lowest BCUT2D eigenvalue weighted by molar-refractivity contribution is 0.669. The largest absolute Gasteiger partial charge is 0.456 e. The number of fused-ring (bicyclic) bond motifs is 12. The molecular formula is C62H41NO. The lowest BCUT2D eigenvalue weighted by Crippen LogP contribution is -2.36. The van der Waals surface area contributed by atoms with Gasteiger partial charge in [0.2, 0.25) is 0 Å². The molecule has 13 rings (SSSR count). The Hall–Kier alpha value is -8.20. The number of anilines is 3. The Labute approximate surface area is 373 Å². The topological polar surface area (TPSA) is 16.4 Å². The summed E-state index contributed by atoms with van der Waals surface area (Å²) in [6.45, 7) is 0. The first-order valence-electron chi connectivity index (χ1n) is 22.2. The van der Waals surface area contributed by atoms with Crippen LogP contribution < -0.4 is 4.90 Å². The molecule has 0 N–H and O–H groups in total. The Balaban J connectivity index is 1.02. The van der Waals surface area contributed by atoms with Crippen molar-refractivity contribution >= 4 is 39.0 Å². The third-order valence-corrected chi connectivity index (χ3v) is 13.8. The van der Waals surface area contributed by atoms with Crippen molar-refractivity contribution in [1.82, 2.24) is 0 Å². The number of hydrogen-bond acceptors (Lipinski definition) is 2. The minimum absolute atomic E-state index is 0.0489. The van der Waals surface area contributed by atoms with Crippen molar-refractivity contribution in [2.75, 3.05) is 4.90 Å². The molecule has 1 unspecified atom stereocenters. The molecule has 1 atom stereocenters. The summed E-state index contributed by atoms with van der Waals surface area (Å²) in [5.74, 6) is -0.0489. The highest BCUT2D eigenvalue weighted by atomic mass is 16.3. The van der Waals surface area contributed by atoms with Crippen LogP contribution in [0.2, 0.25) is 0 Å². The van der Waals surface area contributed by atoms with Crippen LogP contribution in [0.15, 0.2) is 247 Å². The van der Waals surface area contributed by atoms with Crippen molar-refractivity contribution in [3.05, 3.63) is 282 Å². The fourth-order valence-electron chi connectivity index (χ4n) is 11.1. The van der Waals surface area contributed by atoms with E-state index in [-0.39, 0.29) is 5.92 Å². The Morgan fingerprint density at radius 2 is 0.875 bits per heavy atom. The van der Waals surface area contributed by atoms with Crippen LogP contribution in [0.1, 0.15) is 44.9 Å². The highest BCUT2D eigenvalue weighted by Gasteiger charge is 2.52. The first-order valence-corrected chi connectivity index (χ1v) is 22.2. The molecule has 1 aliphatic carbocycles. The quantitative estimate of drug-likeness (QED) is 0.155. The minimum atomic E-state index is -0.540. The zero-order valence-electron chi connectivity index (χ0n) is 35.0. The van der Waals surface area contributed by atoms with Gasteiger partial charge in [0, 0.05) is 22.4 Å². The molecule has 2 heteroatoms. The SMILES string of the molecule is c1ccc(-c2ccc(C(c3ccc(-c4ccc5oc6ccccc6c5c4)cc3)c3cccc4c3-c3ccccc3C43c4ccccc4N(c4ccccc4)c4ccccc43)cc2)cc1. The highest BCUT2D eigenvalue weighted by molar-refractivity contribution is 6.06. The molecular weight excluding hydrogens is 775 g/mol. The maximum absolute atomic E-state index is 6.19. The maximum atomic E-state index is 6.19. The second-order valence-corrected chi connectivity index (χ2v) is 17.1. The number of rotatable bonds is 6. The summed E-state index contributed by atoms with van der Waals surface area (Å²) >= 11 is 0. The Bertz CT molecular complexity index is 3500. The molecule has 300 valence electrons. The molecule has 11 aromatic rings. The van der Waals surface area contributed by atoms with Crippen molar-refractivity contribution in [2.24, 2.45) is 0 Å². The lowest BCUT2D eigenvalue weighted by Gasteiger charge is -2.45. The van der Waals surface area contributed by atoms with E-state index in [1.165, 1.54) is 83.7 Å². The van der Waals surface area contributed by atoms with Gasteiger partial charge in [0.1, 0.15) is 11.2 Å². The van der Waals surface area contributed by atoms with Gasteiger partial charge in [-0.15, -0.1) is 0 Å². The summed E-state index contributed by atoms with van der Waals surface area (Å²) < 4.78 is 6.19. The fourth-order valence-corrected chi connectivity index (χ4v) is 11.1. The molecule has 0 saturated carbocycles. The third kappa shape index (κ3) is 5.39. The molecule has 10 aromatic carbocycles. The summed E-state index contributed by atoms with van der Waals surface area (Å²) in [5, 5.41) is 2.28. The Morgan fingerprint density at radius 1 is 0.359 bits per heavy atom. The van der Waals surface area contributed by atoms with Gasteiger partial charge in [-0.25, -0.2) is 0 Å². The van der Waals surface area contributed by atoms with Gasteiger partial charge in [-0.3, -0.25) is 0 Å². The zero-order valence-corrected chi connectivity index (χ0v) is 35.0. The second-order valence-electron chi connectivity index (χ2n) is 17.1. The molecule has 2 aliphatic rings. The highest BCUT2D eigenvalue weighted by Crippen LogP contribution is 2.64. The molecule has 0 saturated heterocycles. The van der Waals surface area contributed by atoms with Crippen molar-refractivity contribution in [3.8, 4) is 33.4 Å². The van der Waals surface area contributed by atoms with Gasteiger partial charge in [0.25, 0.3) is 0 Å². The standard InChI is InChI=1S/C62H41NO/c1-3-16-41(17-4-1)42-30-34-44(35-31-42)60(45-36-32-43(33-37-45)46-38-39-59-51(40-46)48-20-8-14-29-58(48)64-59)50-22-15-26-55-61(50)49-21-7-9-23-52(49)62(55)53-24-10-12-27-56(53)63(47-18-5-2-6-19-47)57-28-13-11-25-54(57)62/h1-40,60H. The zero-order chi connectivity index (χ0) is 42.2. The van der Waals surface area contributed by atoms with E-state index < -0.39 is 5.41 Å². The fraction of sp³-hybridized carbons (Fsp3) is 0.0323. The Morgan fingerprint density at radius 3 is 1.58 bits per heavy atom. The van der Waals surface area contributed by atoms with E-state index >= 15 is 0 Å². The number of furan rings is 1. The molecule has 0 radical (unpaired) electrons. The van der Waals surface area contributed by atoms with Crippen LogP contribution in [-0.4, -0.2) is 0 Å². The van der Waals surface area contributed by atoms with Crippen LogP contribution in [0.25, 0.3) is 55.3 Å². The normalized spacial score (nSPS) is 13.7. The van der Waals surface area contributed by atoms with E-state index in [9.17, 15) is 0 Å². The second kappa shape index (κ2) is 14.4. The van der Waals surface area contributed by atoms with Crippen LogP contribution in [0.5, 0.6) is 0 Å². The molecule has 1 aliphatic heterocycles. The van der Waals surface area contributed by atoms with Crippen molar-refractivity contribution < 1.29 is 4.42 Å². The van der Waals surface area contributed by atoms with Gasteiger partial charge >= 0.3 is 0 Å². The van der Waals surface area contributed by atoms with Crippen molar-refractivity contribution in [1.29, 1.82) is 0 Å². The smallest absolute Gasteiger partial charge is 0.135 e. The van der Waals surface area contributed by atoms with Gasteiger partial charge in [0.05, 0.1) is 16.8 Å². The molecule has 64 heavy (non-hydrogen) atoms. The van der Waals surface area contributed by atoms with Gasteiger partial charge < -0.3 is 9.32 Å². The van der Waals surface area contributed by atoms with Gasteiger partial charge in [-0.1, -0.05) is 200 Å². The molecule has 0 fully saturated rings. The van der Waals surface area contributed by atoms with Crippen LogP contribution in [0.3, 0.4) is 0 Å². The lowest BCUT2D eigenvalue weighted by atomic mass is 9.64. The molecule has 0 amide bonds. The maximum Gasteiger partial charge on any atom is 0.135 e. The third-order valence-electron chi connectivity index (χ3n) is 13.8. The summed E-state index contributed by atoms with van der Waals surface area (Å²) in [7, 11) is 0. The van der Waals surface area contributed by atoms with E-state index in [0.717, 1.165) is 27.6 Å². The number of nitrogens with zero attached hydrogens (tertiary/aromatic N) is 1. The molecule has 2 heterocycles. The first kappa shape index (κ1) is 36.5. The molecule has 1 aromatic heterocycles. The van der Waals surface area contributed by atoms with E-state index in [4.69, 9.17) is 4.42 Å². The van der Waals surface area contributed by atoms with Crippen LogP contribution >= 0.6 is 0 Å². The van der Waals surface area contributed by atoms with Gasteiger partial charge in [0.15, 0.2) is 0 Å². The number of para-hydroxylation sites is 4. The van der Waals surface area contributed by atoms with Gasteiger partial charge in [-0.05, 0) is 115 Å². The van der Waals surface area contributed by atoms with E-state index in [1.54, 1.807) is 0 Å². The molecule has 1 spiro atoms. The van der Waals surface area contributed by atoms with Crippen molar-refractivity contribution in [2.45, 2.75) is 11.3 Å². The van der Waals surface area contributed by atoms with Gasteiger partial charge in [-0.2, -0.15) is 0 Å². The van der Waals surface area contributed by atoms with E-state index in [2.05, 4.69) is 235 Å². The van der Waals surface area contributed by atoms with Crippen LogP contribution in [0.4, 0.5) is 17.1 Å². The average Bonchev–Trinajstić information content (AvgIpc) is 3.89. The van der Waals surface area contributed by atoms with Crippen molar-refractivity contribution in [3.63, 3.8) is 0 Å². The summed E-state index contributed by atoms with van der Waals surface area (Å²) in [5.41, 5.74) is 21.2. The predicted octanol–water partition coefficient (Wildman–Crippen LogP) is 16.2.